The summed E-state index contributed by atoms with van der Waals surface area (Å²) in [5, 5.41) is 9.76. The average Bonchev–Trinajstić information content (AvgIpc) is 3.09. The van der Waals surface area contributed by atoms with Gasteiger partial charge in [0.2, 0.25) is 0 Å². The van der Waals surface area contributed by atoms with Crippen LogP contribution in [-0.2, 0) is 0 Å². The molecule has 0 N–H and O–H groups in total. The van der Waals surface area contributed by atoms with E-state index in [1.807, 2.05) is 27.2 Å². The van der Waals surface area contributed by atoms with Crippen molar-refractivity contribution in [2.45, 2.75) is 18.9 Å². The quantitative estimate of drug-likeness (QED) is 0.844. The Bertz CT molecular complexity index is 568. The van der Waals surface area contributed by atoms with Gasteiger partial charge in [0.25, 0.3) is 5.91 Å². The Morgan fingerprint density at radius 3 is 3.11 bits per heavy atom. The molecule has 0 bridgehead atoms. The van der Waals surface area contributed by atoms with E-state index in [1.54, 1.807) is 6.20 Å². The summed E-state index contributed by atoms with van der Waals surface area (Å²) in [6.45, 7) is 1.52. The van der Waals surface area contributed by atoms with Crippen LogP contribution in [0.4, 0.5) is 0 Å². The minimum absolute atomic E-state index is 0.103. The zero-order chi connectivity index (χ0) is 13.2. The first-order valence-corrected chi connectivity index (χ1v) is 7.80. The van der Waals surface area contributed by atoms with Gasteiger partial charge >= 0.3 is 0 Å². The van der Waals surface area contributed by atoms with Gasteiger partial charge in [-0.2, -0.15) is 0 Å². The lowest BCUT2D eigenvalue weighted by Gasteiger charge is -2.32. The second-order valence-corrected chi connectivity index (χ2v) is 6.86. The molecule has 0 radical (unpaired) electrons. The highest BCUT2D eigenvalue weighted by Crippen LogP contribution is 2.25. The van der Waals surface area contributed by atoms with Gasteiger partial charge in [0.1, 0.15) is 0 Å². The second kappa shape index (κ2) is 5.42. The summed E-state index contributed by atoms with van der Waals surface area (Å²) in [4.78, 5) is 14.3. The van der Waals surface area contributed by atoms with E-state index in [1.165, 1.54) is 11.3 Å². The summed E-state index contributed by atoms with van der Waals surface area (Å²) in [7, 11) is 0. The van der Waals surface area contributed by atoms with Gasteiger partial charge < -0.3 is 4.90 Å². The number of carbonyl (C=O) groups is 1. The molecule has 1 saturated heterocycles. The van der Waals surface area contributed by atoms with Crippen LogP contribution < -0.4 is 0 Å². The van der Waals surface area contributed by atoms with E-state index in [-0.39, 0.29) is 11.9 Å². The van der Waals surface area contributed by atoms with Crippen molar-refractivity contribution in [1.82, 2.24) is 19.9 Å². The maximum atomic E-state index is 12.4. The summed E-state index contributed by atoms with van der Waals surface area (Å²) in [5.74, 6) is 0.103. The molecular formula is C12H13BrN4OS. The molecule has 2 aromatic heterocycles. The molecule has 0 spiro atoms. The van der Waals surface area contributed by atoms with Crippen molar-refractivity contribution in [3.05, 3.63) is 33.2 Å². The number of carbonyl (C=O) groups excluding carboxylic acids is 1. The molecule has 19 heavy (non-hydrogen) atoms. The first kappa shape index (κ1) is 12.8. The van der Waals surface area contributed by atoms with E-state index >= 15 is 0 Å². The van der Waals surface area contributed by atoms with Crippen LogP contribution in [0.1, 0.15) is 29.2 Å². The van der Waals surface area contributed by atoms with E-state index in [0.29, 0.717) is 6.54 Å². The maximum Gasteiger partial charge on any atom is 0.254 e. The van der Waals surface area contributed by atoms with Crippen LogP contribution in [0.3, 0.4) is 0 Å². The molecule has 1 amide bonds. The molecule has 1 fully saturated rings. The van der Waals surface area contributed by atoms with Crippen LogP contribution in [-0.4, -0.2) is 38.9 Å². The number of thiophene rings is 1. The molecule has 1 unspecified atom stereocenters. The summed E-state index contributed by atoms with van der Waals surface area (Å²) in [5.41, 5.74) is 0.760. The predicted octanol–water partition coefficient (Wildman–Crippen LogP) is 2.58. The number of halogens is 1. The Morgan fingerprint density at radius 1 is 1.53 bits per heavy atom. The van der Waals surface area contributed by atoms with Crippen molar-refractivity contribution >= 4 is 33.2 Å². The number of amides is 1. The number of piperidine rings is 1. The molecule has 0 aromatic carbocycles. The van der Waals surface area contributed by atoms with Crippen molar-refractivity contribution < 1.29 is 4.79 Å². The fourth-order valence-electron chi connectivity index (χ4n) is 2.37. The lowest BCUT2D eigenvalue weighted by molar-refractivity contribution is 0.0672. The van der Waals surface area contributed by atoms with Crippen molar-refractivity contribution in [2.24, 2.45) is 0 Å². The number of likely N-dealkylation sites (tertiary alicyclic amines) is 1. The van der Waals surface area contributed by atoms with E-state index in [9.17, 15) is 4.79 Å². The van der Waals surface area contributed by atoms with Crippen molar-refractivity contribution in [2.75, 3.05) is 13.1 Å². The number of hydrogen-bond acceptors (Lipinski definition) is 4. The molecule has 100 valence electrons. The molecule has 1 atom stereocenters. The molecule has 5 nitrogen and oxygen atoms in total. The molecule has 0 saturated carbocycles. The van der Waals surface area contributed by atoms with Crippen molar-refractivity contribution in [3.63, 3.8) is 0 Å². The van der Waals surface area contributed by atoms with Gasteiger partial charge in [0.05, 0.1) is 21.6 Å². The summed E-state index contributed by atoms with van der Waals surface area (Å²) in [6, 6.07) is 2.12. The van der Waals surface area contributed by atoms with Gasteiger partial charge in [-0.25, -0.2) is 4.68 Å². The van der Waals surface area contributed by atoms with E-state index in [4.69, 9.17) is 0 Å². The zero-order valence-electron chi connectivity index (χ0n) is 10.2. The lowest BCUT2D eigenvalue weighted by Crippen LogP contribution is -2.40. The third kappa shape index (κ3) is 2.71. The fourth-order valence-corrected chi connectivity index (χ4v) is 3.50. The van der Waals surface area contributed by atoms with Crippen LogP contribution in [0.25, 0.3) is 0 Å². The van der Waals surface area contributed by atoms with E-state index in [2.05, 4.69) is 26.2 Å². The highest BCUT2D eigenvalue weighted by Gasteiger charge is 2.26. The third-order valence-electron chi connectivity index (χ3n) is 3.31. The number of nitrogens with zero attached hydrogens (tertiary/aromatic N) is 4. The van der Waals surface area contributed by atoms with Crippen molar-refractivity contribution in [1.29, 1.82) is 0 Å². The van der Waals surface area contributed by atoms with Crippen LogP contribution in [0.5, 0.6) is 0 Å². The Hall–Kier alpha value is -1.21. The topological polar surface area (TPSA) is 51.0 Å². The molecule has 1 aliphatic rings. The Morgan fingerprint density at radius 2 is 2.42 bits per heavy atom. The molecule has 3 rings (SSSR count). The summed E-state index contributed by atoms with van der Waals surface area (Å²) in [6.07, 6.45) is 5.58. The highest BCUT2D eigenvalue weighted by atomic mass is 79.9. The molecule has 7 heteroatoms. The monoisotopic (exact) mass is 340 g/mol. The summed E-state index contributed by atoms with van der Waals surface area (Å²) < 4.78 is 2.84. The lowest BCUT2D eigenvalue weighted by atomic mass is 10.1. The van der Waals surface area contributed by atoms with Crippen LogP contribution >= 0.6 is 27.3 Å². The van der Waals surface area contributed by atoms with Gasteiger partial charge in [-0.1, -0.05) is 5.21 Å². The molecule has 3 heterocycles. The minimum atomic E-state index is 0.103. The molecule has 0 aliphatic carbocycles. The van der Waals surface area contributed by atoms with Crippen molar-refractivity contribution in [3.8, 4) is 0 Å². The number of rotatable bonds is 2. The number of hydrogen-bond donors (Lipinski definition) is 0. The minimum Gasteiger partial charge on any atom is -0.336 e. The average molecular weight is 341 g/mol. The highest BCUT2D eigenvalue weighted by molar-refractivity contribution is 9.11. The van der Waals surface area contributed by atoms with Gasteiger partial charge in [-0.05, 0) is 34.8 Å². The molecule has 2 aromatic rings. The maximum absolute atomic E-state index is 12.4. The van der Waals surface area contributed by atoms with E-state index in [0.717, 1.165) is 28.7 Å². The number of aromatic nitrogens is 3. The first-order valence-electron chi connectivity index (χ1n) is 6.13. The van der Waals surface area contributed by atoms with E-state index < -0.39 is 0 Å². The SMILES string of the molecule is O=C(c1csc(Br)c1)N1CCCC(n2ccnn2)C1. The molecule has 1 aliphatic heterocycles. The van der Waals surface area contributed by atoms with Gasteiger partial charge in [-0.3, -0.25) is 4.79 Å². The smallest absolute Gasteiger partial charge is 0.254 e. The largest absolute Gasteiger partial charge is 0.336 e. The van der Waals surface area contributed by atoms with Gasteiger partial charge in [0.15, 0.2) is 0 Å². The Balaban J connectivity index is 1.73. The first-order chi connectivity index (χ1) is 9.24. The van der Waals surface area contributed by atoms with Crippen LogP contribution in [0.15, 0.2) is 27.6 Å². The van der Waals surface area contributed by atoms with Gasteiger partial charge in [0, 0.05) is 24.7 Å². The van der Waals surface area contributed by atoms with Gasteiger partial charge in [-0.15, -0.1) is 16.4 Å². The summed E-state index contributed by atoms with van der Waals surface area (Å²) >= 11 is 4.93. The standard InChI is InChI=1S/C12H13BrN4OS/c13-11-6-9(8-19-11)12(18)16-4-1-2-10(7-16)17-5-3-14-15-17/h3,5-6,8,10H,1-2,4,7H2. The Kier molecular flexibility index (Phi) is 3.65. The second-order valence-electron chi connectivity index (χ2n) is 4.57. The zero-order valence-corrected chi connectivity index (χ0v) is 12.6. The third-order valence-corrected chi connectivity index (χ3v) is 4.82. The van der Waals surface area contributed by atoms with Crippen LogP contribution in [0, 0.1) is 0 Å². The Labute approximate surface area is 123 Å². The fraction of sp³-hybridized carbons (Fsp3) is 0.417. The normalized spacial score (nSPS) is 19.6. The molecular weight excluding hydrogens is 328 g/mol. The van der Waals surface area contributed by atoms with Crippen LogP contribution in [0.2, 0.25) is 0 Å². The predicted molar refractivity (Wildman–Crippen MR) is 76.2 cm³/mol.